The van der Waals surface area contributed by atoms with Crippen LogP contribution in [0.4, 0.5) is 5.69 Å². The molecule has 0 unspecified atom stereocenters. The van der Waals surface area contributed by atoms with Gasteiger partial charge in [0, 0.05) is 5.92 Å². The van der Waals surface area contributed by atoms with E-state index in [1.165, 1.54) is 0 Å². The third-order valence-corrected chi connectivity index (χ3v) is 7.29. The summed E-state index contributed by atoms with van der Waals surface area (Å²) in [4.78, 5) is 41.8. The van der Waals surface area contributed by atoms with E-state index in [4.69, 9.17) is 4.74 Å². The SMILES string of the molecule is COc1ccc(N2C(=O)[C@@H]3C4c5ccccc5C(C(=O)O)(c5ccccc54)[C@H]3C2=O)cc1. The van der Waals surface area contributed by atoms with E-state index in [1.54, 1.807) is 55.6 Å². The molecule has 4 aliphatic rings. The van der Waals surface area contributed by atoms with E-state index in [2.05, 4.69) is 0 Å². The summed E-state index contributed by atoms with van der Waals surface area (Å²) in [5.41, 5.74) is 1.65. The molecule has 2 bridgehead atoms. The summed E-state index contributed by atoms with van der Waals surface area (Å²) in [6.45, 7) is 0. The van der Waals surface area contributed by atoms with Gasteiger partial charge in [0.2, 0.25) is 11.8 Å². The van der Waals surface area contributed by atoms with Crippen molar-refractivity contribution in [1.29, 1.82) is 0 Å². The Morgan fingerprint density at radius 1 is 0.875 bits per heavy atom. The molecule has 158 valence electrons. The molecule has 0 aromatic heterocycles. The van der Waals surface area contributed by atoms with Crippen LogP contribution in [0.25, 0.3) is 0 Å². The molecule has 3 aromatic carbocycles. The van der Waals surface area contributed by atoms with Gasteiger partial charge in [-0.05, 0) is 46.5 Å². The van der Waals surface area contributed by atoms with Crippen LogP contribution in [-0.2, 0) is 19.8 Å². The number of carbonyl (C=O) groups excluding carboxylic acids is 2. The molecule has 6 heteroatoms. The van der Waals surface area contributed by atoms with Gasteiger partial charge in [-0.3, -0.25) is 14.4 Å². The predicted octanol–water partition coefficient (Wildman–Crippen LogP) is 3.33. The molecule has 3 aromatic rings. The first kappa shape index (κ1) is 18.8. The third-order valence-electron chi connectivity index (χ3n) is 7.29. The van der Waals surface area contributed by atoms with Gasteiger partial charge in [-0.15, -0.1) is 0 Å². The number of ether oxygens (including phenoxy) is 1. The van der Waals surface area contributed by atoms with E-state index >= 15 is 0 Å². The van der Waals surface area contributed by atoms with Crippen LogP contribution in [-0.4, -0.2) is 30.0 Å². The second-order valence-electron chi connectivity index (χ2n) is 8.48. The normalized spacial score (nSPS) is 27.0. The second-order valence-corrected chi connectivity index (χ2v) is 8.48. The first-order valence-electron chi connectivity index (χ1n) is 10.5. The molecule has 32 heavy (non-hydrogen) atoms. The zero-order valence-corrected chi connectivity index (χ0v) is 17.2. The maximum absolute atomic E-state index is 13.8. The molecular formula is C26H19NO5. The fourth-order valence-electron chi connectivity index (χ4n) is 6.12. The zero-order valence-electron chi connectivity index (χ0n) is 17.2. The van der Waals surface area contributed by atoms with Crippen LogP contribution in [0.5, 0.6) is 5.75 Å². The van der Waals surface area contributed by atoms with Crippen molar-refractivity contribution in [1.82, 2.24) is 0 Å². The minimum Gasteiger partial charge on any atom is -0.497 e. The van der Waals surface area contributed by atoms with Crippen molar-refractivity contribution in [3.63, 3.8) is 0 Å². The van der Waals surface area contributed by atoms with Gasteiger partial charge in [0.25, 0.3) is 0 Å². The Kier molecular flexibility index (Phi) is 3.70. The molecule has 0 radical (unpaired) electrons. The quantitative estimate of drug-likeness (QED) is 0.651. The number of amides is 2. The largest absolute Gasteiger partial charge is 0.497 e. The number of aliphatic carboxylic acids is 1. The average Bonchev–Trinajstić information content (AvgIpc) is 3.09. The molecular weight excluding hydrogens is 406 g/mol. The standard InChI is InChI=1S/C26H19NO5/c1-32-15-12-10-14(11-13-15)27-23(28)21-20-16-6-2-4-8-18(16)26(25(30)31,22(21)24(27)29)19-9-5-3-7-17(19)20/h2-13,20-22H,1H3,(H,30,31)/t20?,21-,22-,26?/m1/s1. The Morgan fingerprint density at radius 3 is 1.97 bits per heavy atom. The van der Waals surface area contributed by atoms with E-state index in [0.717, 1.165) is 16.0 Å². The first-order chi connectivity index (χ1) is 15.5. The Bertz CT molecular complexity index is 1260. The Morgan fingerprint density at radius 2 is 1.44 bits per heavy atom. The molecule has 0 saturated carbocycles. The van der Waals surface area contributed by atoms with E-state index in [9.17, 15) is 19.5 Å². The molecule has 1 aliphatic heterocycles. The van der Waals surface area contributed by atoms with Crippen molar-refractivity contribution in [3.05, 3.63) is 95.1 Å². The summed E-state index contributed by atoms with van der Waals surface area (Å²) in [7, 11) is 1.54. The average molecular weight is 425 g/mol. The summed E-state index contributed by atoms with van der Waals surface area (Å²) in [5.74, 6) is -3.48. The number of imide groups is 1. The van der Waals surface area contributed by atoms with Gasteiger partial charge in [-0.25, -0.2) is 4.90 Å². The molecule has 7 rings (SSSR count). The Balaban J connectivity index is 1.63. The van der Waals surface area contributed by atoms with Gasteiger partial charge in [0.15, 0.2) is 0 Å². The number of rotatable bonds is 3. The molecule has 3 aliphatic carbocycles. The number of carbonyl (C=O) groups is 3. The van der Waals surface area contributed by atoms with Crippen LogP contribution in [0.1, 0.15) is 28.2 Å². The summed E-state index contributed by atoms with van der Waals surface area (Å²) in [6.07, 6.45) is 0. The van der Waals surface area contributed by atoms with Crippen LogP contribution < -0.4 is 9.64 Å². The third kappa shape index (κ3) is 2.02. The number of methoxy groups -OCH3 is 1. The van der Waals surface area contributed by atoms with Crippen molar-refractivity contribution in [2.45, 2.75) is 11.3 Å². The lowest BCUT2D eigenvalue weighted by molar-refractivity contribution is -0.149. The van der Waals surface area contributed by atoms with E-state index in [0.29, 0.717) is 22.6 Å². The van der Waals surface area contributed by atoms with Crippen LogP contribution >= 0.6 is 0 Å². The molecule has 1 heterocycles. The van der Waals surface area contributed by atoms with Crippen LogP contribution in [0, 0.1) is 11.8 Å². The monoisotopic (exact) mass is 425 g/mol. The van der Waals surface area contributed by atoms with Crippen molar-refractivity contribution in [3.8, 4) is 5.75 Å². The molecule has 0 spiro atoms. The first-order valence-corrected chi connectivity index (χ1v) is 10.5. The Labute approximate surface area is 184 Å². The summed E-state index contributed by atoms with van der Waals surface area (Å²) in [5, 5.41) is 10.7. The van der Waals surface area contributed by atoms with Crippen LogP contribution in [0.2, 0.25) is 0 Å². The van der Waals surface area contributed by atoms with Gasteiger partial charge in [-0.1, -0.05) is 48.5 Å². The van der Waals surface area contributed by atoms with Gasteiger partial charge < -0.3 is 9.84 Å². The number of benzene rings is 3. The summed E-state index contributed by atoms with van der Waals surface area (Å²) in [6, 6.07) is 21.3. The van der Waals surface area contributed by atoms with E-state index in [1.807, 2.05) is 24.3 Å². The van der Waals surface area contributed by atoms with Gasteiger partial charge in [-0.2, -0.15) is 0 Å². The Hall–Kier alpha value is -3.93. The van der Waals surface area contributed by atoms with Gasteiger partial charge >= 0.3 is 5.97 Å². The minimum absolute atomic E-state index is 0.357. The van der Waals surface area contributed by atoms with Crippen molar-refractivity contribution >= 4 is 23.5 Å². The maximum Gasteiger partial charge on any atom is 0.319 e. The van der Waals surface area contributed by atoms with Crippen molar-refractivity contribution < 1.29 is 24.2 Å². The molecule has 2 amide bonds. The maximum atomic E-state index is 13.8. The number of carboxylic acids is 1. The van der Waals surface area contributed by atoms with Gasteiger partial charge in [0.05, 0.1) is 24.6 Å². The molecule has 1 N–H and O–H groups in total. The highest BCUT2D eigenvalue weighted by Gasteiger charge is 2.71. The zero-order chi connectivity index (χ0) is 22.2. The number of hydrogen-bond acceptors (Lipinski definition) is 4. The number of hydrogen-bond donors (Lipinski definition) is 1. The topological polar surface area (TPSA) is 83.9 Å². The lowest BCUT2D eigenvalue weighted by Crippen LogP contribution is -2.57. The lowest BCUT2D eigenvalue weighted by atomic mass is 9.47. The van der Waals surface area contributed by atoms with Crippen molar-refractivity contribution in [2.75, 3.05) is 12.0 Å². The minimum atomic E-state index is -1.61. The highest BCUT2D eigenvalue weighted by Crippen LogP contribution is 2.64. The fourth-order valence-corrected chi connectivity index (χ4v) is 6.12. The highest BCUT2D eigenvalue weighted by atomic mass is 16.5. The lowest BCUT2D eigenvalue weighted by Gasteiger charge is -2.51. The summed E-state index contributed by atoms with van der Waals surface area (Å²) < 4.78 is 5.19. The molecule has 1 fully saturated rings. The van der Waals surface area contributed by atoms with E-state index in [-0.39, 0.29) is 11.8 Å². The van der Waals surface area contributed by atoms with Crippen molar-refractivity contribution in [2.24, 2.45) is 11.8 Å². The number of nitrogens with zero attached hydrogens (tertiary/aromatic N) is 1. The summed E-state index contributed by atoms with van der Waals surface area (Å²) >= 11 is 0. The number of anilines is 1. The fraction of sp³-hybridized carbons (Fsp3) is 0.192. The molecule has 1 saturated heterocycles. The smallest absolute Gasteiger partial charge is 0.319 e. The van der Waals surface area contributed by atoms with Gasteiger partial charge in [0.1, 0.15) is 11.2 Å². The predicted molar refractivity (Wildman–Crippen MR) is 116 cm³/mol. The second kappa shape index (κ2) is 6.29. The van der Waals surface area contributed by atoms with Crippen LogP contribution in [0.3, 0.4) is 0 Å². The van der Waals surface area contributed by atoms with Crippen LogP contribution in [0.15, 0.2) is 72.8 Å². The van der Waals surface area contributed by atoms with E-state index < -0.39 is 29.1 Å². The molecule has 6 nitrogen and oxygen atoms in total. The number of carboxylic acid groups (broad SMARTS) is 1. The molecule has 2 atom stereocenters. The highest BCUT2D eigenvalue weighted by molar-refractivity contribution is 6.25.